The van der Waals surface area contributed by atoms with Crippen LogP contribution in [0.2, 0.25) is 0 Å². The molecule has 3 aromatic rings. The van der Waals surface area contributed by atoms with E-state index in [-0.39, 0.29) is 0 Å². The molecule has 202 valence electrons. The monoisotopic (exact) mass is 519 g/mol. The topological polar surface area (TPSA) is 125 Å². The largest absolute Gasteiger partial charge is 0.480 e. The molecule has 38 heavy (non-hydrogen) atoms. The number of unbranched alkanes of at least 4 members (excludes halogenated alkanes) is 1. The number of hydrogen-bond donors (Lipinski definition) is 3. The van der Waals surface area contributed by atoms with Crippen molar-refractivity contribution in [1.82, 2.24) is 24.8 Å². The number of aliphatic carboxylic acids is 1. The van der Waals surface area contributed by atoms with Gasteiger partial charge in [-0.2, -0.15) is 0 Å². The van der Waals surface area contributed by atoms with Crippen molar-refractivity contribution in [3.05, 3.63) is 65.7 Å². The average Bonchev–Trinajstić information content (AvgIpc) is 2.94. The number of pyridine rings is 2. The molecule has 1 atom stereocenters. The van der Waals surface area contributed by atoms with E-state index in [9.17, 15) is 9.90 Å². The summed E-state index contributed by atoms with van der Waals surface area (Å²) < 4.78 is 5.80. The van der Waals surface area contributed by atoms with Crippen molar-refractivity contribution in [3.8, 4) is 5.88 Å². The summed E-state index contributed by atoms with van der Waals surface area (Å²) in [6.07, 6.45) is 10.6. The van der Waals surface area contributed by atoms with E-state index in [4.69, 9.17) is 9.72 Å². The number of nitrogens with zero attached hydrogens (tertiary/aromatic N) is 5. The van der Waals surface area contributed by atoms with Gasteiger partial charge >= 0.3 is 5.97 Å². The second-order valence-corrected chi connectivity index (χ2v) is 9.56. The fraction of sp³-hybridized carbons (Fsp3) is 0.464. The van der Waals surface area contributed by atoms with Gasteiger partial charge in [0.2, 0.25) is 11.8 Å². The van der Waals surface area contributed by atoms with E-state index in [2.05, 4.69) is 42.6 Å². The van der Waals surface area contributed by atoms with E-state index >= 15 is 0 Å². The Bertz CT molecular complexity index is 1140. The molecule has 3 N–H and O–H groups in total. The molecule has 0 amide bonds. The van der Waals surface area contributed by atoms with Crippen molar-refractivity contribution in [2.45, 2.75) is 51.5 Å². The molecular formula is C28H37N7O3. The smallest absolute Gasteiger partial charge is 0.326 e. The molecule has 1 aliphatic heterocycles. The number of aryl methyl sites for hydroxylation is 3. The summed E-state index contributed by atoms with van der Waals surface area (Å²) in [5.41, 5.74) is 3.33. The Morgan fingerprint density at radius 1 is 1.13 bits per heavy atom. The highest BCUT2D eigenvalue weighted by atomic mass is 16.5. The predicted octanol–water partition coefficient (Wildman–Crippen LogP) is 3.59. The Morgan fingerprint density at radius 2 is 2.00 bits per heavy atom. The van der Waals surface area contributed by atoms with Gasteiger partial charge < -0.3 is 20.5 Å². The summed E-state index contributed by atoms with van der Waals surface area (Å²) in [7, 11) is 0. The van der Waals surface area contributed by atoms with Gasteiger partial charge in [-0.05, 0) is 75.3 Å². The maximum Gasteiger partial charge on any atom is 0.326 e. The molecule has 1 unspecified atom stereocenters. The third-order valence-corrected chi connectivity index (χ3v) is 6.52. The zero-order chi connectivity index (χ0) is 26.6. The SMILES string of the molecule is Cc1cnc(NC(CCN(CCCCc2ccc3c(n2)NCCC3)CCOc2ccccn2)C(=O)O)nc1. The van der Waals surface area contributed by atoms with Crippen molar-refractivity contribution < 1.29 is 14.6 Å². The van der Waals surface area contributed by atoms with Crippen LogP contribution >= 0.6 is 0 Å². The number of carboxylic acid groups (broad SMARTS) is 1. The summed E-state index contributed by atoms with van der Waals surface area (Å²) in [6, 6.07) is 9.12. The molecule has 0 bridgehead atoms. The lowest BCUT2D eigenvalue weighted by Gasteiger charge is -2.24. The lowest BCUT2D eigenvalue weighted by Crippen LogP contribution is -2.37. The number of carbonyl (C=O) groups is 1. The molecular weight excluding hydrogens is 482 g/mol. The van der Waals surface area contributed by atoms with Crippen molar-refractivity contribution in [2.75, 3.05) is 43.4 Å². The Kier molecular flexibility index (Phi) is 10.2. The number of fused-ring (bicyclic) bond motifs is 1. The highest BCUT2D eigenvalue weighted by Crippen LogP contribution is 2.20. The first-order valence-electron chi connectivity index (χ1n) is 13.3. The summed E-state index contributed by atoms with van der Waals surface area (Å²) in [4.78, 5) is 31.6. The van der Waals surface area contributed by atoms with Crippen LogP contribution in [0, 0.1) is 6.92 Å². The van der Waals surface area contributed by atoms with Crippen LogP contribution < -0.4 is 15.4 Å². The number of carboxylic acids is 1. The lowest BCUT2D eigenvalue weighted by molar-refractivity contribution is -0.138. The number of anilines is 2. The summed E-state index contributed by atoms with van der Waals surface area (Å²) in [6.45, 7) is 5.46. The fourth-order valence-corrected chi connectivity index (χ4v) is 4.39. The predicted molar refractivity (Wildman–Crippen MR) is 147 cm³/mol. The maximum atomic E-state index is 11.9. The number of aromatic nitrogens is 4. The van der Waals surface area contributed by atoms with Gasteiger partial charge in [-0.15, -0.1) is 0 Å². The van der Waals surface area contributed by atoms with Crippen LogP contribution in [0.4, 0.5) is 11.8 Å². The first-order valence-corrected chi connectivity index (χ1v) is 13.3. The molecule has 0 aliphatic carbocycles. The highest BCUT2D eigenvalue weighted by molar-refractivity contribution is 5.76. The van der Waals surface area contributed by atoms with Crippen LogP contribution in [-0.4, -0.2) is 74.7 Å². The number of nitrogens with one attached hydrogen (secondary N) is 2. The van der Waals surface area contributed by atoms with E-state index in [1.54, 1.807) is 18.6 Å². The van der Waals surface area contributed by atoms with Crippen molar-refractivity contribution in [2.24, 2.45) is 0 Å². The summed E-state index contributed by atoms with van der Waals surface area (Å²) in [5.74, 6) is 1.01. The van der Waals surface area contributed by atoms with Gasteiger partial charge in [0, 0.05) is 50.0 Å². The summed E-state index contributed by atoms with van der Waals surface area (Å²) >= 11 is 0. The van der Waals surface area contributed by atoms with Crippen LogP contribution in [0.5, 0.6) is 5.88 Å². The third kappa shape index (κ3) is 8.65. The van der Waals surface area contributed by atoms with E-state index in [0.29, 0.717) is 37.9 Å². The van der Waals surface area contributed by atoms with Crippen molar-refractivity contribution in [3.63, 3.8) is 0 Å². The molecule has 4 heterocycles. The van der Waals surface area contributed by atoms with Crippen LogP contribution in [0.1, 0.15) is 42.5 Å². The minimum absolute atomic E-state index is 0.320. The molecule has 0 aromatic carbocycles. The molecule has 10 heteroatoms. The molecule has 10 nitrogen and oxygen atoms in total. The first-order chi connectivity index (χ1) is 18.6. The number of ether oxygens (including phenoxy) is 1. The Labute approximate surface area is 223 Å². The molecule has 3 aromatic heterocycles. The third-order valence-electron chi connectivity index (χ3n) is 6.52. The van der Waals surface area contributed by atoms with Gasteiger partial charge in [-0.1, -0.05) is 12.1 Å². The zero-order valence-electron chi connectivity index (χ0n) is 22.0. The highest BCUT2D eigenvalue weighted by Gasteiger charge is 2.20. The fourth-order valence-electron chi connectivity index (χ4n) is 4.39. The van der Waals surface area contributed by atoms with E-state index in [0.717, 1.165) is 62.3 Å². The van der Waals surface area contributed by atoms with Crippen LogP contribution in [0.25, 0.3) is 0 Å². The van der Waals surface area contributed by atoms with Crippen LogP contribution in [0.15, 0.2) is 48.9 Å². The molecule has 0 radical (unpaired) electrons. The minimum Gasteiger partial charge on any atom is -0.480 e. The lowest BCUT2D eigenvalue weighted by atomic mass is 10.1. The van der Waals surface area contributed by atoms with Gasteiger partial charge in [-0.3, -0.25) is 4.90 Å². The molecule has 1 aliphatic rings. The maximum absolute atomic E-state index is 11.9. The van der Waals surface area contributed by atoms with Gasteiger partial charge in [0.1, 0.15) is 18.5 Å². The minimum atomic E-state index is -0.925. The zero-order valence-corrected chi connectivity index (χ0v) is 22.0. The first kappa shape index (κ1) is 27.3. The van der Waals surface area contributed by atoms with Crippen LogP contribution in [0.3, 0.4) is 0 Å². The Morgan fingerprint density at radius 3 is 2.79 bits per heavy atom. The summed E-state index contributed by atoms with van der Waals surface area (Å²) in [5, 5.41) is 16.1. The van der Waals surface area contributed by atoms with Crippen molar-refractivity contribution >= 4 is 17.7 Å². The molecule has 0 saturated carbocycles. The molecule has 4 rings (SSSR count). The normalized spacial score (nSPS) is 13.4. The standard InChI is InChI=1S/C28H37N7O3/c1-21-19-31-28(32-20-21)34-24(27(36)37)12-16-35(17-18-38-25-9-2-4-13-29-25)15-5-3-8-23-11-10-22-7-6-14-30-26(22)33-23/h2,4,9-11,13,19-20,24H,3,5-8,12,14-18H2,1H3,(H,30,33)(H,36,37)(H,31,32,34). The van der Waals surface area contributed by atoms with E-state index < -0.39 is 12.0 Å². The number of rotatable bonds is 15. The molecule has 0 spiro atoms. The van der Waals surface area contributed by atoms with E-state index in [1.807, 2.05) is 25.1 Å². The van der Waals surface area contributed by atoms with Gasteiger partial charge in [0.15, 0.2) is 0 Å². The second kappa shape index (κ2) is 14.2. The van der Waals surface area contributed by atoms with E-state index in [1.165, 1.54) is 5.56 Å². The van der Waals surface area contributed by atoms with Crippen LogP contribution in [-0.2, 0) is 17.6 Å². The Hall–Kier alpha value is -3.79. The average molecular weight is 520 g/mol. The quantitative estimate of drug-likeness (QED) is 0.257. The number of hydrogen-bond acceptors (Lipinski definition) is 9. The second-order valence-electron chi connectivity index (χ2n) is 9.56. The van der Waals surface area contributed by atoms with Crippen molar-refractivity contribution in [1.29, 1.82) is 0 Å². The molecule has 0 fully saturated rings. The Balaban J connectivity index is 1.29. The molecule has 0 saturated heterocycles. The van der Waals surface area contributed by atoms with Gasteiger partial charge in [-0.25, -0.2) is 24.7 Å². The van der Waals surface area contributed by atoms with Gasteiger partial charge in [0.25, 0.3) is 0 Å². The van der Waals surface area contributed by atoms with Gasteiger partial charge in [0.05, 0.1) is 0 Å².